The number of aryl methyl sites for hydroxylation is 2. The Labute approximate surface area is 112 Å². The molecular weight excluding hydrogens is 238 g/mol. The first kappa shape index (κ1) is 11.0. The molecule has 1 fully saturated rings. The Bertz CT molecular complexity index is 627. The van der Waals surface area contributed by atoms with E-state index in [2.05, 4.69) is 10.00 Å². The van der Waals surface area contributed by atoms with Crippen molar-refractivity contribution >= 4 is 5.95 Å². The largest absolute Gasteiger partial charge is 0.341 e. The molecule has 0 saturated carbocycles. The van der Waals surface area contributed by atoms with Gasteiger partial charge in [0.25, 0.3) is 0 Å². The minimum absolute atomic E-state index is 0.908. The van der Waals surface area contributed by atoms with Crippen LogP contribution in [0.25, 0.3) is 11.3 Å². The predicted molar refractivity (Wildman–Crippen MR) is 73.1 cm³/mol. The van der Waals surface area contributed by atoms with Crippen molar-refractivity contribution in [2.45, 2.75) is 25.7 Å². The summed E-state index contributed by atoms with van der Waals surface area (Å²) in [4.78, 5) is 11.8. The molecule has 3 heterocycles. The van der Waals surface area contributed by atoms with E-state index in [1.165, 1.54) is 24.1 Å². The molecular formula is C14H17N5. The third-order valence-corrected chi connectivity index (χ3v) is 4.04. The number of anilines is 1. The fourth-order valence-electron chi connectivity index (χ4n) is 2.86. The number of fused-ring (bicyclic) bond motifs is 1. The summed E-state index contributed by atoms with van der Waals surface area (Å²) in [7, 11) is 1.95. The summed E-state index contributed by atoms with van der Waals surface area (Å²) in [6.45, 7) is 2.18. The summed E-state index contributed by atoms with van der Waals surface area (Å²) in [6.07, 6.45) is 8.58. The summed E-state index contributed by atoms with van der Waals surface area (Å²) in [5.74, 6) is 0.908. The van der Waals surface area contributed by atoms with Crippen molar-refractivity contribution in [3.8, 4) is 11.3 Å². The van der Waals surface area contributed by atoms with Crippen LogP contribution in [0, 0.1) is 0 Å². The van der Waals surface area contributed by atoms with Gasteiger partial charge in [-0.3, -0.25) is 4.68 Å². The van der Waals surface area contributed by atoms with Gasteiger partial charge in [0.2, 0.25) is 5.95 Å². The SMILES string of the molecule is Cn1cc(-c2nc(N3CCC3)nc3c2CCC3)cn1. The second-order valence-electron chi connectivity index (χ2n) is 5.39. The lowest BCUT2D eigenvalue weighted by molar-refractivity contribution is 0.599. The van der Waals surface area contributed by atoms with Gasteiger partial charge in [-0.1, -0.05) is 0 Å². The molecule has 4 rings (SSSR count). The molecule has 2 aromatic rings. The van der Waals surface area contributed by atoms with Crippen molar-refractivity contribution in [1.29, 1.82) is 0 Å². The summed E-state index contributed by atoms with van der Waals surface area (Å²) >= 11 is 0. The molecule has 0 spiro atoms. The van der Waals surface area contributed by atoms with Crippen LogP contribution in [0.1, 0.15) is 24.1 Å². The van der Waals surface area contributed by atoms with Gasteiger partial charge in [-0.2, -0.15) is 5.10 Å². The van der Waals surface area contributed by atoms with Crippen LogP contribution in [-0.4, -0.2) is 32.8 Å². The van der Waals surface area contributed by atoms with Gasteiger partial charge >= 0.3 is 0 Å². The first-order valence-corrected chi connectivity index (χ1v) is 6.95. The van der Waals surface area contributed by atoms with Gasteiger partial charge in [0.05, 0.1) is 11.9 Å². The number of aromatic nitrogens is 4. The molecule has 1 aliphatic heterocycles. The smallest absolute Gasteiger partial charge is 0.226 e. The van der Waals surface area contributed by atoms with Crippen LogP contribution in [0.4, 0.5) is 5.95 Å². The maximum atomic E-state index is 4.81. The van der Waals surface area contributed by atoms with Crippen molar-refractivity contribution in [1.82, 2.24) is 19.7 Å². The fraction of sp³-hybridized carbons (Fsp3) is 0.500. The molecule has 1 saturated heterocycles. The molecule has 1 aliphatic carbocycles. The second-order valence-corrected chi connectivity index (χ2v) is 5.39. The molecule has 2 aromatic heterocycles. The van der Waals surface area contributed by atoms with Crippen molar-refractivity contribution in [2.24, 2.45) is 7.05 Å². The van der Waals surface area contributed by atoms with Gasteiger partial charge in [0, 0.05) is 43.2 Å². The first-order valence-electron chi connectivity index (χ1n) is 6.95. The summed E-state index contributed by atoms with van der Waals surface area (Å²) in [5, 5.41) is 4.27. The second kappa shape index (κ2) is 4.05. The molecule has 98 valence electrons. The molecule has 5 heteroatoms. The van der Waals surface area contributed by atoms with Crippen LogP contribution in [0.2, 0.25) is 0 Å². The van der Waals surface area contributed by atoms with Crippen LogP contribution in [0.3, 0.4) is 0 Å². The zero-order valence-corrected chi connectivity index (χ0v) is 11.1. The molecule has 2 aliphatic rings. The van der Waals surface area contributed by atoms with E-state index in [0.717, 1.165) is 43.1 Å². The van der Waals surface area contributed by atoms with Gasteiger partial charge in [0.1, 0.15) is 0 Å². The zero-order chi connectivity index (χ0) is 12.8. The maximum Gasteiger partial charge on any atom is 0.226 e. The minimum atomic E-state index is 0.908. The summed E-state index contributed by atoms with van der Waals surface area (Å²) in [5.41, 5.74) is 4.79. The number of hydrogen-bond acceptors (Lipinski definition) is 4. The van der Waals surface area contributed by atoms with E-state index in [9.17, 15) is 0 Å². The first-order chi connectivity index (χ1) is 9.31. The highest BCUT2D eigenvalue weighted by molar-refractivity contribution is 5.65. The lowest BCUT2D eigenvalue weighted by Crippen LogP contribution is -2.38. The van der Waals surface area contributed by atoms with Gasteiger partial charge in [-0.25, -0.2) is 9.97 Å². The van der Waals surface area contributed by atoms with Gasteiger partial charge in [-0.05, 0) is 25.7 Å². The van der Waals surface area contributed by atoms with E-state index in [4.69, 9.17) is 9.97 Å². The molecule has 5 nitrogen and oxygen atoms in total. The van der Waals surface area contributed by atoms with E-state index in [-0.39, 0.29) is 0 Å². The highest BCUT2D eigenvalue weighted by Crippen LogP contribution is 2.32. The Morgan fingerprint density at radius 1 is 1.11 bits per heavy atom. The normalized spacial score (nSPS) is 17.4. The quantitative estimate of drug-likeness (QED) is 0.817. The lowest BCUT2D eigenvalue weighted by Gasteiger charge is -2.31. The van der Waals surface area contributed by atoms with E-state index < -0.39 is 0 Å². The molecule has 0 N–H and O–H groups in total. The lowest BCUT2D eigenvalue weighted by atomic mass is 10.1. The number of nitrogens with zero attached hydrogens (tertiary/aromatic N) is 5. The Morgan fingerprint density at radius 3 is 2.68 bits per heavy atom. The van der Waals surface area contributed by atoms with E-state index >= 15 is 0 Å². The standard InChI is InChI=1S/C14H17N5/c1-18-9-10(8-15-18)13-11-4-2-5-12(11)16-14(17-13)19-6-3-7-19/h8-9H,2-7H2,1H3. The van der Waals surface area contributed by atoms with E-state index in [0.29, 0.717) is 0 Å². The van der Waals surface area contributed by atoms with Crippen LogP contribution < -0.4 is 4.90 Å². The van der Waals surface area contributed by atoms with Crippen molar-refractivity contribution in [3.05, 3.63) is 23.7 Å². The fourth-order valence-corrected chi connectivity index (χ4v) is 2.86. The Kier molecular flexibility index (Phi) is 2.33. The number of hydrogen-bond donors (Lipinski definition) is 0. The molecule has 0 amide bonds. The molecule has 0 atom stereocenters. The Morgan fingerprint density at radius 2 is 2.00 bits per heavy atom. The molecule has 0 radical (unpaired) electrons. The third kappa shape index (κ3) is 1.72. The van der Waals surface area contributed by atoms with Crippen LogP contribution in [-0.2, 0) is 19.9 Å². The predicted octanol–water partition coefficient (Wildman–Crippen LogP) is 1.58. The Balaban J connectivity index is 1.85. The summed E-state index contributed by atoms with van der Waals surface area (Å²) in [6, 6.07) is 0. The van der Waals surface area contributed by atoms with E-state index in [1.54, 1.807) is 0 Å². The highest BCUT2D eigenvalue weighted by atomic mass is 15.3. The zero-order valence-electron chi connectivity index (χ0n) is 11.1. The van der Waals surface area contributed by atoms with Crippen molar-refractivity contribution in [3.63, 3.8) is 0 Å². The highest BCUT2D eigenvalue weighted by Gasteiger charge is 2.24. The monoisotopic (exact) mass is 255 g/mol. The molecule has 0 aromatic carbocycles. The number of rotatable bonds is 2. The molecule has 19 heavy (non-hydrogen) atoms. The Hall–Kier alpha value is -1.91. The minimum Gasteiger partial charge on any atom is -0.341 e. The van der Waals surface area contributed by atoms with Crippen molar-refractivity contribution in [2.75, 3.05) is 18.0 Å². The molecule has 0 bridgehead atoms. The maximum absolute atomic E-state index is 4.81. The van der Waals surface area contributed by atoms with Crippen molar-refractivity contribution < 1.29 is 0 Å². The van der Waals surface area contributed by atoms with Gasteiger partial charge < -0.3 is 4.90 Å². The average molecular weight is 255 g/mol. The van der Waals surface area contributed by atoms with Crippen LogP contribution in [0.5, 0.6) is 0 Å². The molecule has 0 unspecified atom stereocenters. The van der Waals surface area contributed by atoms with Crippen LogP contribution in [0.15, 0.2) is 12.4 Å². The third-order valence-electron chi connectivity index (χ3n) is 4.04. The topological polar surface area (TPSA) is 46.8 Å². The van der Waals surface area contributed by atoms with Gasteiger partial charge in [0.15, 0.2) is 0 Å². The van der Waals surface area contributed by atoms with Crippen LogP contribution >= 0.6 is 0 Å². The van der Waals surface area contributed by atoms with Gasteiger partial charge in [-0.15, -0.1) is 0 Å². The average Bonchev–Trinajstić information content (AvgIpc) is 2.94. The summed E-state index contributed by atoms with van der Waals surface area (Å²) < 4.78 is 1.84. The van der Waals surface area contributed by atoms with E-state index in [1.807, 2.05) is 24.1 Å².